The fourth-order valence-electron chi connectivity index (χ4n) is 5.29. The van der Waals surface area contributed by atoms with Crippen molar-refractivity contribution in [1.29, 1.82) is 0 Å². The Balaban J connectivity index is 1.78. The second kappa shape index (κ2) is 5.97. The maximum Gasteiger partial charge on any atom is 0.142 e. The molecule has 0 aromatic rings. The average Bonchev–Trinajstić information content (AvgIpc) is 3.03. The number of hydrogen-bond donors (Lipinski definition) is 0. The van der Waals surface area contributed by atoms with Gasteiger partial charge in [0.2, 0.25) is 0 Å². The van der Waals surface area contributed by atoms with Crippen LogP contribution in [0.3, 0.4) is 0 Å². The highest BCUT2D eigenvalue weighted by molar-refractivity contribution is 5.87. The zero-order valence-corrected chi connectivity index (χ0v) is 12.5. The summed E-state index contributed by atoms with van der Waals surface area (Å²) in [5.74, 6) is 1.91. The van der Waals surface area contributed by atoms with E-state index in [0.29, 0.717) is 5.92 Å². The van der Waals surface area contributed by atoms with E-state index >= 15 is 0 Å². The van der Waals surface area contributed by atoms with E-state index < -0.39 is 0 Å². The number of rotatable bonds is 3. The Kier molecular flexibility index (Phi) is 4.29. The van der Waals surface area contributed by atoms with Gasteiger partial charge in [-0.25, -0.2) is 0 Å². The highest BCUT2D eigenvalue weighted by atomic mass is 16.1. The van der Waals surface area contributed by atoms with Gasteiger partial charge in [0, 0.05) is 11.3 Å². The van der Waals surface area contributed by atoms with Gasteiger partial charge >= 0.3 is 0 Å². The van der Waals surface area contributed by atoms with Crippen molar-refractivity contribution in [2.75, 3.05) is 0 Å². The highest BCUT2D eigenvalue weighted by Crippen LogP contribution is 2.52. The summed E-state index contributed by atoms with van der Waals surface area (Å²) in [5.41, 5.74) is 0.136. The Labute approximate surface area is 118 Å². The topological polar surface area (TPSA) is 17.1 Å². The molecule has 3 saturated carbocycles. The molecule has 3 aliphatic carbocycles. The van der Waals surface area contributed by atoms with Gasteiger partial charge < -0.3 is 0 Å². The predicted octanol–water partition coefficient (Wildman–Crippen LogP) is 5.28. The Morgan fingerprint density at radius 1 is 0.684 bits per heavy atom. The number of ketones is 1. The third-order valence-corrected chi connectivity index (χ3v) is 6.35. The summed E-state index contributed by atoms with van der Waals surface area (Å²) in [6.07, 6.45) is 18.3. The van der Waals surface area contributed by atoms with Crippen molar-refractivity contribution >= 4 is 5.78 Å². The molecule has 0 radical (unpaired) electrons. The number of carbonyl (C=O) groups is 1. The lowest BCUT2D eigenvalue weighted by Crippen LogP contribution is -2.43. The van der Waals surface area contributed by atoms with E-state index in [0.717, 1.165) is 11.7 Å². The fourth-order valence-corrected chi connectivity index (χ4v) is 5.29. The summed E-state index contributed by atoms with van der Waals surface area (Å²) in [6, 6.07) is 0. The largest absolute Gasteiger partial charge is 0.299 e. The second-order valence-corrected chi connectivity index (χ2v) is 7.40. The van der Waals surface area contributed by atoms with Crippen LogP contribution in [0.15, 0.2) is 0 Å². The molecule has 0 bridgehead atoms. The van der Waals surface area contributed by atoms with Crippen LogP contribution in [-0.2, 0) is 4.79 Å². The van der Waals surface area contributed by atoms with Crippen LogP contribution in [0.1, 0.15) is 89.9 Å². The van der Waals surface area contributed by atoms with Crippen molar-refractivity contribution in [3.8, 4) is 0 Å². The number of carbonyl (C=O) groups excluding carboxylic acids is 1. The Morgan fingerprint density at radius 2 is 1.21 bits per heavy atom. The summed E-state index contributed by atoms with van der Waals surface area (Å²) in [6.45, 7) is 0. The summed E-state index contributed by atoms with van der Waals surface area (Å²) < 4.78 is 0. The quantitative estimate of drug-likeness (QED) is 0.676. The van der Waals surface area contributed by atoms with Gasteiger partial charge in [-0.1, -0.05) is 51.4 Å². The molecular weight excluding hydrogens is 232 g/mol. The first-order valence-corrected chi connectivity index (χ1v) is 8.87. The van der Waals surface area contributed by atoms with E-state index in [4.69, 9.17) is 0 Å². The standard InChI is InChI=1S/C18H30O/c19-17(15-9-3-1-4-10-15)18(13-7-2-8-14-18)16-11-5-6-12-16/h15-16H,1-14H2. The Morgan fingerprint density at radius 3 is 1.84 bits per heavy atom. The molecule has 0 aromatic carbocycles. The van der Waals surface area contributed by atoms with Crippen LogP contribution in [0.2, 0.25) is 0 Å². The van der Waals surface area contributed by atoms with Crippen LogP contribution in [0.4, 0.5) is 0 Å². The van der Waals surface area contributed by atoms with Crippen LogP contribution in [0, 0.1) is 17.3 Å². The molecule has 0 aliphatic heterocycles. The molecule has 0 amide bonds. The Hall–Kier alpha value is -0.330. The van der Waals surface area contributed by atoms with E-state index in [1.165, 1.54) is 89.9 Å². The van der Waals surface area contributed by atoms with Gasteiger partial charge in [0.15, 0.2) is 0 Å². The normalized spacial score (nSPS) is 29.5. The maximum absolute atomic E-state index is 13.3. The summed E-state index contributed by atoms with van der Waals surface area (Å²) >= 11 is 0. The molecule has 0 atom stereocenters. The van der Waals surface area contributed by atoms with Gasteiger partial charge in [0.05, 0.1) is 0 Å². The van der Waals surface area contributed by atoms with Crippen LogP contribution in [0.5, 0.6) is 0 Å². The van der Waals surface area contributed by atoms with Gasteiger partial charge in [0.25, 0.3) is 0 Å². The summed E-state index contributed by atoms with van der Waals surface area (Å²) in [4.78, 5) is 13.3. The first-order valence-electron chi connectivity index (χ1n) is 8.87. The van der Waals surface area contributed by atoms with Crippen molar-refractivity contribution in [3.05, 3.63) is 0 Å². The first kappa shape index (κ1) is 13.6. The third kappa shape index (κ3) is 2.62. The SMILES string of the molecule is O=C(C1CCCCC1)C1(C2CCCC2)CCCCC1. The molecule has 0 heterocycles. The van der Waals surface area contributed by atoms with Crippen LogP contribution in [-0.4, -0.2) is 5.78 Å². The minimum atomic E-state index is 0.136. The van der Waals surface area contributed by atoms with Crippen molar-refractivity contribution in [1.82, 2.24) is 0 Å². The zero-order chi connectivity index (χ0) is 13.1. The lowest BCUT2D eigenvalue weighted by molar-refractivity contribution is -0.139. The molecule has 0 unspecified atom stereocenters. The summed E-state index contributed by atoms with van der Waals surface area (Å²) in [5, 5.41) is 0. The van der Waals surface area contributed by atoms with Crippen molar-refractivity contribution < 1.29 is 4.79 Å². The van der Waals surface area contributed by atoms with Gasteiger partial charge in [0.1, 0.15) is 5.78 Å². The monoisotopic (exact) mass is 262 g/mol. The van der Waals surface area contributed by atoms with Gasteiger partial charge in [-0.2, -0.15) is 0 Å². The number of hydrogen-bond acceptors (Lipinski definition) is 1. The van der Waals surface area contributed by atoms with Gasteiger partial charge in [-0.05, 0) is 44.4 Å². The minimum absolute atomic E-state index is 0.136. The number of Topliss-reactive ketones (excluding diaryl/α,β-unsaturated/α-hetero) is 1. The van der Waals surface area contributed by atoms with Crippen LogP contribution < -0.4 is 0 Å². The molecule has 0 spiro atoms. The average molecular weight is 262 g/mol. The molecule has 0 saturated heterocycles. The second-order valence-electron chi connectivity index (χ2n) is 7.40. The molecule has 19 heavy (non-hydrogen) atoms. The molecule has 3 fully saturated rings. The highest BCUT2D eigenvalue weighted by Gasteiger charge is 2.48. The summed E-state index contributed by atoms with van der Waals surface area (Å²) in [7, 11) is 0. The van der Waals surface area contributed by atoms with E-state index in [-0.39, 0.29) is 5.41 Å². The third-order valence-electron chi connectivity index (χ3n) is 6.35. The zero-order valence-electron chi connectivity index (χ0n) is 12.5. The van der Waals surface area contributed by atoms with E-state index in [2.05, 4.69) is 0 Å². The lowest BCUT2D eigenvalue weighted by Gasteiger charge is -2.43. The molecule has 0 N–H and O–H groups in total. The minimum Gasteiger partial charge on any atom is -0.299 e. The first-order chi connectivity index (χ1) is 9.33. The smallest absolute Gasteiger partial charge is 0.142 e. The van der Waals surface area contributed by atoms with Crippen molar-refractivity contribution in [3.63, 3.8) is 0 Å². The van der Waals surface area contributed by atoms with Gasteiger partial charge in [-0.15, -0.1) is 0 Å². The molecule has 3 aliphatic rings. The van der Waals surface area contributed by atoms with Crippen molar-refractivity contribution in [2.45, 2.75) is 89.9 Å². The molecule has 1 heteroatoms. The predicted molar refractivity (Wildman–Crippen MR) is 79.1 cm³/mol. The van der Waals surface area contributed by atoms with Crippen LogP contribution in [0.25, 0.3) is 0 Å². The van der Waals surface area contributed by atoms with Gasteiger partial charge in [-0.3, -0.25) is 4.79 Å². The fraction of sp³-hybridized carbons (Fsp3) is 0.944. The molecule has 0 aromatic heterocycles. The van der Waals surface area contributed by atoms with Crippen LogP contribution >= 0.6 is 0 Å². The Bertz CT molecular complexity index is 302. The molecule has 108 valence electrons. The molecule has 1 nitrogen and oxygen atoms in total. The molecule has 3 rings (SSSR count). The van der Waals surface area contributed by atoms with Crippen molar-refractivity contribution in [2.24, 2.45) is 17.3 Å². The maximum atomic E-state index is 13.3. The van der Waals surface area contributed by atoms with E-state index in [1.54, 1.807) is 0 Å². The van der Waals surface area contributed by atoms with E-state index in [1.807, 2.05) is 0 Å². The lowest BCUT2D eigenvalue weighted by atomic mass is 9.59. The molecular formula is C18H30O. The van der Waals surface area contributed by atoms with E-state index in [9.17, 15) is 4.79 Å².